The molecule has 0 radical (unpaired) electrons. The number of ether oxygens (including phenoxy) is 1. The van der Waals surface area contributed by atoms with Crippen LogP contribution >= 0.6 is 0 Å². The molecule has 5 heteroatoms. The molecule has 0 aliphatic carbocycles. The van der Waals surface area contributed by atoms with Crippen LogP contribution in [0.15, 0.2) is 0 Å². The summed E-state index contributed by atoms with van der Waals surface area (Å²) in [6.45, 7) is 4.91. The minimum atomic E-state index is -0.203. The zero-order valence-electron chi connectivity index (χ0n) is 10.1. The van der Waals surface area contributed by atoms with Crippen LogP contribution in [0.25, 0.3) is 0 Å². The number of likely N-dealkylation sites (N-methyl/N-ethyl adjacent to an activating group) is 1. The van der Waals surface area contributed by atoms with E-state index in [1.54, 1.807) is 6.92 Å². The molecule has 0 unspecified atom stereocenters. The third-order valence-corrected chi connectivity index (χ3v) is 2.62. The Hall–Kier alpha value is -1.10. The average molecular weight is 228 g/mol. The lowest BCUT2D eigenvalue weighted by Gasteiger charge is -2.32. The Balaban J connectivity index is 2.12. The lowest BCUT2D eigenvalue weighted by atomic mass is 10.2. The van der Waals surface area contributed by atoms with E-state index in [9.17, 15) is 9.59 Å². The number of carbonyl (C=O) groups excluding carboxylic acids is 2. The highest BCUT2D eigenvalue weighted by Crippen LogP contribution is 2.06. The van der Waals surface area contributed by atoms with Crippen molar-refractivity contribution in [2.75, 3.05) is 39.8 Å². The lowest BCUT2D eigenvalue weighted by molar-refractivity contribution is -0.144. The van der Waals surface area contributed by atoms with Crippen LogP contribution < -0.4 is 0 Å². The van der Waals surface area contributed by atoms with Gasteiger partial charge in [0.25, 0.3) is 0 Å². The Morgan fingerprint density at radius 2 is 2.06 bits per heavy atom. The van der Waals surface area contributed by atoms with Gasteiger partial charge in [0.05, 0.1) is 19.6 Å². The van der Waals surface area contributed by atoms with Crippen LogP contribution in [0.2, 0.25) is 0 Å². The standard InChI is InChI=1S/C11H20N2O3/c1-3-16-11(15)5-8-12(2)9-10(14)13-6-4-7-13/h3-9H2,1-2H3. The highest BCUT2D eigenvalue weighted by Gasteiger charge is 2.21. The largest absolute Gasteiger partial charge is 0.466 e. The second-order valence-electron chi connectivity index (χ2n) is 4.03. The van der Waals surface area contributed by atoms with Gasteiger partial charge in [-0.05, 0) is 20.4 Å². The first kappa shape index (κ1) is 13.0. The Morgan fingerprint density at radius 1 is 1.38 bits per heavy atom. The van der Waals surface area contributed by atoms with E-state index in [0.717, 1.165) is 19.5 Å². The van der Waals surface area contributed by atoms with Crippen LogP contribution in [-0.4, -0.2) is 61.5 Å². The lowest BCUT2D eigenvalue weighted by Crippen LogP contribution is -2.46. The smallest absolute Gasteiger partial charge is 0.307 e. The summed E-state index contributed by atoms with van der Waals surface area (Å²) < 4.78 is 4.82. The van der Waals surface area contributed by atoms with Crippen LogP contribution in [0, 0.1) is 0 Å². The van der Waals surface area contributed by atoms with Crippen LogP contribution in [-0.2, 0) is 14.3 Å². The number of esters is 1. The van der Waals surface area contributed by atoms with E-state index in [4.69, 9.17) is 4.74 Å². The minimum absolute atomic E-state index is 0.151. The molecule has 92 valence electrons. The summed E-state index contributed by atoms with van der Waals surface area (Å²) in [5.41, 5.74) is 0. The van der Waals surface area contributed by atoms with Gasteiger partial charge in [0.1, 0.15) is 0 Å². The molecule has 0 bridgehead atoms. The summed E-state index contributed by atoms with van der Waals surface area (Å²) in [6, 6.07) is 0. The maximum Gasteiger partial charge on any atom is 0.307 e. The predicted molar refractivity (Wildman–Crippen MR) is 59.9 cm³/mol. The molecule has 1 aliphatic rings. The van der Waals surface area contributed by atoms with Crippen molar-refractivity contribution in [2.45, 2.75) is 19.8 Å². The van der Waals surface area contributed by atoms with E-state index < -0.39 is 0 Å². The van der Waals surface area contributed by atoms with Crippen LogP contribution in [0.1, 0.15) is 19.8 Å². The van der Waals surface area contributed by atoms with Gasteiger partial charge < -0.3 is 9.64 Å². The SMILES string of the molecule is CCOC(=O)CCN(C)CC(=O)N1CCC1. The minimum Gasteiger partial charge on any atom is -0.466 e. The quantitative estimate of drug-likeness (QED) is 0.605. The van der Waals surface area contributed by atoms with E-state index in [1.165, 1.54) is 0 Å². The molecule has 0 aromatic heterocycles. The predicted octanol–water partition coefficient (Wildman–Crippen LogP) is 0.104. The second-order valence-corrected chi connectivity index (χ2v) is 4.03. The van der Waals surface area contributed by atoms with Crippen molar-refractivity contribution < 1.29 is 14.3 Å². The molecular formula is C11H20N2O3. The van der Waals surface area contributed by atoms with Crippen molar-refractivity contribution in [3.05, 3.63) is 0 Å². The van der Waals surface area contributed by atoms with Crippen molar-refractivity contribution in [2.24, 2.45) is 0 Å². The first-order valence-electron chi connectivity index (χ1n) is 5.75. The van der Waals surface area contributed by atoms with Gasteiger partial charge in [0.15, 0.2) is 0 Å². The van der Waals surface area contributed by atoms with Crippen molar-refractivity contribution in [1.82, 2.24) is 9.80 Å². The van der Waals surface area contributed by atoms with Gasteiger partial charge >= 0.3 is 5.97 Å². The first-order valence-corrected chi connectivity index (χ1v) is 5.75. The Labute approximate surface area is 96.3 Å². The van der Waals surface area contributed by atoms with Crippen molar-refractivity contribution in [1.29, 1.82) is 0 Å². The fourth-order valence-electron chi connectivity index (χ4n) is 1.49. The number of amides is 1. The maximum absolute atomic E-state index is 11.6. The van der Waals surface area contributed by atoms with E-state index in [1.807, 2.05) is 16.8 Å². The molecule has 0 aromatic rings. The Bertz CT molecular complexity index is 252. The Kier molecular flexibility index (Phi) is 5.25. The summed E-state index contributed by atoms with van der Waals surface area (Å²) in [5, 5.41) is 0. The molecule has 0 atom stereocenters. The van der Waals surface area contributed by atoms with E-state index in [2.05, 4.69) is 0 Å². The number of hydrogen-bond donors (Lipinski definition) is 0. The van der Waals surface area contributed by atoms with Crippen molar-refractivity contribution in [3.63, 3.8) is 0 Å². The number of carbonyl (C=O) groups is 2. The molecular weight excluding hydrogens is 208 g/mol. The fraction of sp³-hybridized carbons (Fsp3) is 0.818. The molecule has 0 N–H and O–H groups in total. The molecule has 1 amide bonds. The summed E-state index contributed by atoms with van der Waals surface area (Å²) in [5.74, 6) is -0.0524. The van der Waals surface area contributed by atoms with Crippen molar-refractivity contribution >= 4 is 11.9 Å². The zero-order chi connectivity index (χ0) is 12.0. The van der Waals surface area contributed by atoms with Gasteiger partial charge in [-0.3, -0.25) is 14.5 Å². The highest BCUT2D eigenvalue weighted by molar-refractivity contribution is 5.79. The molecule has 1 fully saturated rings. The first-order chi connectivity index (χ1) is 7.63. The van der Waals surface area contributed by atoms with Gasteiger partial charge in [-0.2, -0.15) is 0 Å². The summed E-state index contributed by atoms with van der Waals surface area (Å²) in [6.07, 6.45) is 1.45. The van der Waals surface area contributed by atoms with Crippen LogP contribution in [0.3, 0.4) is 0 Å². The highest BCUT2D eigenvalue weighted by atomic mass is 16.5. The summed E-state index contributed by atoms with van der Waals surface area (Å²) >= 11 is 0. The molecule has 1 rings (SSSR count). The fourth-order valence-corrected chi connectivity index (χ4v) is 1.49. The van der Waals surface area contributed by atoms with Gasteiger partial charge in [-0.25, -0.2) is 0 Å². The molecule has 5 nitrogen and oxygen atoms in total. The van der Waals surface area contributed by atoms with E-state index in [0.29, 0.717) is 26.1 Å². The summed E-state index contributed by atoms with van der Waals surface area (Å²) in [4.78, 5) is 26.4. The van der Waals surface area contributed by atoms with Crippen LogP contribution in [0.4, 0.5) is 0 Å². The average Bonchev–Trinajstić information content (AvgIpc) is 2.12. The van der Waals surface area contributed by atoms with E-state index in [-0.39, 0.29) is 11.9 Å². The molecule has 1 aliphatic heterocycles. The molecule has 0 spiro atoms. The van der Waals surface area contributed by atoms with Gasteiger partial charge in [-0.1, -0.05) is 0 Å². The number of nitrogens with zero attached hydrogens (tertiary/aromatic N) is 2. The number of hydrogen-bond acceptors (Lipinski definition) is 4. The maximum atomic E-state index is 11.6. The number of likely N-dealkylation sites (tertiary alicyclic amines) is 1. The van der Waals surface area contributed by atoms with Crippen molar-refractivity contribution in [3.8, 4) is 0 Å². The summed E-state index contributed by atoms with van der Waals surface area (Å²) in [7, 11) is 1.84. The van der Waals surface area contributed by atoms with Gasteiger partial charge in [0.2, 0.25) is 5.91 Å². The third kappa shape index (κ3) is 4.18. The monoisotopic (exact) mass is 228 g/mol. The van der Waals surface area contributed by atoms with Gasteiger partial charge in [0, 0.05) is 19.6 Å². The molecule has 0 saturated carbocycles. The molecule has 1 saturated heterocycles. The zero-order valence-corrected chi connectivity index (χ0v) is 10.1. The second kappa shape index (κ2) is 6.48. The van der Waals surface area contributed by atoms with Gasteiger partial charge in [-0.15, -0.1) is 0 Å². The topological polar surface area (TPSA) is 49.9 Å². The molecule has 16 heavy (non-hydrogen) atoms. The third-order valence-electron chi connectivity index (χ3n) is 2.62. The molecule has 1 heterocycles. The normalized spacial score (nSPS) is 14.8. The van der Waals surface area contributed by atoms with Crippen LogP contribution in [0.5, 0.6) is 0 Å². The van der Waals surface area contributed by atoms with E-state index >= 15 is 0 Å². The molecule has 0 aromatic carbocycles. The Morgan fingerprint density at radius 3 is 2.56 bits per heavy atom. The number of rotatable bonds is 6.